The van der Waals surface area contributed by atoms with E-state index in [9.17, 15) is 13.2 Å². The minimum absolute atomic E-state index is 0.158. The molecule has 0 saturated heterocycles. The molecular weight excluding hydrogens is 314 g/mol. The number of fused-ring (bicyclic) bond motifs is 1. The van der Waals surface area contributed by atoms with E-state index in [1.807, 2.05) is 24.3 Å². The number of aromatic amines is 1. The summed E-state index contributed by atoms with van der Waals surface area (Å²) >= 11 is 0. The van der Waals surface area contributed by atoms with Crippen molar-refractivity contribution in [2.45, 2.75) is 4.90 Å². The molecule has 1 heterocycles. The fourth-order valence-electron chi connectivity index (χ4n) is 2.32. The lowest BCUT2D eigenvalue weighted by Crippen LogP contribution is -2.11. The lowest BCUT2D eigenvalue weighted by molar-refractivity contribution is 0.0923. The lowest BCUT2D eigenvalue weighted by atomic mass is 10.1. The number of ketones is 1. The van der Waals surface area contributed by atoms with Gasteiger partial charge in [-0.3, -0.25) is 4.79 Å². The first kappa shape index (κ1) is 15.3. The molecule has 6 heteroatoms. The van der Waals surface area contributed by atoms with Gasteiger partial charge in [-0.25, -0.2) is 8.42 Å². The Balaban J connectivity index is 1.77. The molecule has 0 saturated carbocycles. The van der Waals surface area contributed by atoms with Gasteiger partial charge >= 0.3 is 0 Å². The summed E-state index contributed by atoms with van der Waals surface area (Å²) < 4.78 is 28.5. The molecule has 0 bridgehead atoms. The van der Waals surface area contributed by atoms with Gasteiger partial charge in [0.05, 0.1) is 4.90 Å². The van der Waals surface area contributed by atoms with Gasteiger partial charge in [-0.05, 0) is 24.3 Å². The zero-order chi connectivity index (χ0) is 16.4. The van der Waals surface area contributed by atoms with E-state index in [1.54, 1.807) is 18.3 Å². The molecule has 0 amide bonds. The number of ether oxygens (including phenoxy) is 1. The first-order valence-electron chi connectivity index (χ1n) is 6.97. The minimum Gasteiger partial charge on any atom is -0.485 e. The van der Waals surface area contributed by atoms with Crippen molar-refractivity contribution >= 4 is 26.5 Å². The van der Waals surface area contributed by atoms with E-state index in [2.05, 4.69) is 4.98 Å². The molecule has 0 spiro atoms. The quantitative estimate of drug-likeness (QED) is 0.730. The molecular formula is C17H15NO4S. The summed E-state index contributed by atoms with van der Waals surface area (Å²) in [6.07, 6.45) is 2.78. The van der Waals surface area contributed by atoms with E-state index >= 15 is 0 Å². The summed E-state index contributed by atoms with van der Waals surface area (Å²) in [6.45, 7) is -0.158. The van der Waals surface area contributed by atoms with Gasteiger partial charge in [-0.2, -0.15) is 0 Å². The van der Waals surface area contributed by atoms with Crippen LogP contribution in [0.15, 0.2) is 59.6 Å². The average molecular weight is 329 g/mol. The highest BCUT2D eigenvalue weighted by atomic mass is 32.2. The highest BCUT2D eigenvalue weighted by Gasteiger charge is 2.13. The SMILES string of the molecule is CS(=O)(=O)c1cccc(OCC(=O)c2c[nH]c3ccccc23)c1. The maximum atomic E-state index is 12.3. The van der Waals surface area contributed by atoms with E-state index in [-0.39, 0.29) is 17.3 Å². The zero-order valence-electron chi connectivity index (χ0n) is 12.4. The van der Waals surface area contributed by atoms with E-state index in [4.69, 9.17) is 4.74 Å². The molecule has 0 radical (unpaired) electrons. The maximum Gasteiger partial charge on any atom is 0.202 e. The van der Waals surface area contributed by atoms with Crippen LogP contribution in [0.3, 0.4) is 0 Å². The predicted molar refractivity (Wildman–Crippen MR) is 87.7 cm³/mol. The van der Waals surface area contributed by atoms with E-state index in [0.29, 0.717) is 11.3 Å². The number of rotatable bonds is 5. The van der Waals surface area contributed by atoms with Crippen LogP contribution in [-0.2, 0) is 9.84 Å². The standard InChI is InChI=1S/C17H15NO4S/c1-23(20,21)13-6-4-5-12(9-13)22-11-17(19)15-10-18-16-8-3-2-7-14(15)16/h2-10,18H,11H2,1H3. The van der Waals surface area contributed by atoms with Crippen LogP contribution < -0.4 is 4.74 Å². The lowest BCUT2D eigenvalue weighted by Gasteiger charge is -2.06. The molecule has 3 rings (SSSR count). The number of carbonyl (C=O) groups is 1. The molecule has 1 N–H and O–H groups in total. The Labute approximate surface area is 133 Å². The Morgan fingerprint density at radius 1 is 1.13 bits per heavy atom. The van der Waals surface area contributed by atoms with Crippen LogP contribution in [0.1, 0.15) is 10.4 Å². The van der Waals surface area contributed by atoms with Crippen LogP contribution >= 0.6 is 0 Å². The van der Waals surface area contributed by atoms with Crippen LogP contribution in [0.25, 0.3) is 10.9 Å². The van der Waals surface area contributed by atoms with Crippen molar-refractivity contribution < 1.29 is 17.9 Å². The summed E-state index contributed by atoms with van der Waals surface area (Å²) in [5.41, 5.74) is 1.44. The Hall–Kier alpha value is -2.60. The zero-order valence-corrected chi connectivity index (χ0v) is 13.3. The number of hydrogen-bond acceptors (Lipinski definition) is 4. The third-order valence-electron chi connectivity index (χ3n) is 3.49. The molecule has 23 heavy (non-hydrogen) atoms. The first-order valence-corrected chi connectivity index (χ1v) is 8.86. The second-order valence-electron chi connectivity index (χ2n) is 5.21. The van der Waals surface area contributed by atoms with Crippen molar-refractivity contribution in [3.63, 3.8) is 0 Å². The van der Waals surface area contributed by atoms with Crippen molar-refractivity contribution in [1.29, 1.82) is 0 Å². The predicted octanol–water partition coefficient (Wildman–Crippen LogP) is 2.83. The summed E-state index contributed by atoms with van der Waals surface area (Å²) in [5.74, 6) is 0.174. The molecule has 0 aliphatic heterocycles. The van der Waals surface area contributed by atoms with Gasteiger partial charge in [0.1, 0.15) is 5.75 Å². The van der Waals surface area contributed by atoms with Gasteiger partial charge in [0.25, 0.3) is 0 Å². The number of para-hydroxylation sites is 1. The number of hydrogen-bond donors (Lipinski definition) is 1. The van der Waals surface area contributed by atoms with Crippen molar-refractivity contribution in [2.24, 2.45) is 0 Å². The normalized spacial score (nSPS) is 11.5. The van der Waals surface area contributed by atoms with Crippen LogP contribution in [0, 0.1) is 0 Å². The topological polar surface area (TPSA) is 76.2 Å². The molecule has 1 aromatic heterocycles. The molecule has 0 unspecified atom stereocenters. The molecule has 118 valence electrons. The van der Waals surface area contributed by atoms with Gasteiger partial charge in [0.2, 0.25) is 5.78 Å². The second-order valence-corrected chi connectivity index (χ2v) is 7.22. The third kappa shape index (κ3) is 3.27. The summed E-state index contributed by atoms with van der Waals surface area (Å²) in [7, 11) is -3.31. The van der Waals surface area contributed by atoms with Gasteiger partial charge in [-0.1, -0.05) is 24.3 Å². The van der Waals surface area contributed by atoms with Crippen molar-refractivity contribution in [3.05, 3.63) is 60.3 Å². The number of sulfone groups is 1. The van der Waals surface area contributed by atoms with Crippen LogP contribution in [0.5, 0.6) is 5.75 Å². The fourth-order valence-corrected chi connectivity index (χ4v) is 2.98. The van der Waals surface area contributed by atoms with Crippen LogP contribution in [-0.4, -0.2) is 32.0 Å². The van der Waals surface area contributed by atoms with Crippen LogP contribution in [0.4, 0.5) is 0 Å². The summed E-state index contributed by atoms with van der Waals surface area (Å²) in [5, 5.41) is 0.839. The summed E-state index contributed by atoms with van der Waals surface area (Å²) in [6, 6.07) is 13.6. The Morgan fingerprint density at radius 3 is 2.70 bits per heavy atom. The Morgan fingerprint density at radius 2 is 1.91 bits per heavy atom. The number of Topliss-reactive ketones (excluding diaryl/α,β-unsaturated/α-hetero) is 1. The monoisotopic (exact) mass is 329 g/mol. The molecule has 0 aliphatic rings. The first-order chi connectivity index (χ1) is 10.9. The van der Waals surface area contributed by atoms with Crippen molar-refractivity contribution in [2.75, 3.05) is 12.9 Å². The van der Waals surface area contributed by atoms with Gasteiger partial charge in [-0.15, -0.1) is 0 Å². The summed E-state index contributed by atoms with van der Waals surface area (Å²) in [4.78, 5) is 15.5. The maximum absolute atomic E-state index is 12.3. The fraction of sp³-hybridized carbons (Fsp3) is 0.118. The number of aromatic nitrogens is 1. The van der Waals surface area contributed by atoms with Crippen LogP contribution in [0.2, 0.25) is 0 Å². The number of nitrogens with one attached hydrogen (secondary N) is 1. The van der Waals surface area contributed by atoms with Crippen molar-refractivity contribution in [3.8, 4) is 5.75 Å². The van der Waals surface area contributed by atoms with E-state index in [0.717, 1.165) is 17.2 Å². The molecule has 3 aromatic rings. The van der Waals surface area contributed by atoms with E-state index < -0.39 is 9.84 Å². The Kier molecular flexibility index (Phi) is 3.92. The largest absolute Gasteiger partial charge is 0.485 e. The molecule has 0 aliphatic carbocycles. The average Bonchev–Trinajstić information content (AvgIpc) is 2.96. The molecule has 2 aromatic carbocycles. The van der Waals surface area contributed by atoms with Gasteiger partial charge in [0.15, 0.2) is 16.4 Å². The molecule has 0 fully saturated rings. The second kappa shape index (κ2) is 5.89. The minimum atomic E-state index is -3.31. The molecule has 0 atom stereocenters. The smallest absolute Gasteiger partial charge is 0.202 e. The Bertz CT molecular complexity index is 973. The number of carbonyl (C=O) groups excluding carboxylic acids is 1. The number of H-pyrrole nitrogens is 1. The third-order valence-corrected chi connectivity index (χ3v) is 4.60. The molecule has 5 nitrogen and oxygen atoms in total. The number of benzene rings is 2. The van der Waals surface area contributed by atoms with Crippen molar-refractivity contribution in [1.82, 2.24) is 4.98 Å². The van der Waals surface area contributed by atoms with Gasteiger partial charge < -0.3 is 9.72 Å². The highest BCUT2D eigenvalue weighted by Crippen LogP contribution is 2.20. The highest BCUT2D eigenvalue weighted by molar-refractivity contribution is 7.90. The van der Waals surface area contributed by atoms with Gasteiger partial charge in [0, 0.05) is 28.9 Å². The van der Waals surface area contributed by atoms with E-state index in [1.165, 1.54) is 12.1 Å².